The maximum absolute atomic E-state index is 14.3. The van der Waals surface area contributed by atoms with Crippen molar-refractivity contribution >= 4 is 25.3 Å². The minimum atomic E-state index is -4.85. The van der Waals surface area contributed by atoms with E-state index < -0.39 is 31.9 Å². The number of nitrogens with two attached hydrogens (primary N) is 1. The summed E-state index contributed by atoms with van der Waals surface area (Å²) in [7, 11) is -4.85. The molecule has 0 bridgehead atoms. The Kier molecular flexibility index (Phi) is 5.39. The molecular formula is C10H13ClFN2O6P. The Labute approximate surface area is 124 Å². The summed E-state index contributed by atoms with van der Waals surface area (Å²) in [6.45, 7) is -1.01. The number of hydrogen-bond donors (Lipinski definition) is 4. The van der Waals surface area contributed by atoms with Crippen LogP contribution < -0.4 is 11.1 Å². The molecule has 5 N–H and O–H groups in total. The van der Waals surface area contributed by atoms with Gasteiger partial charge >= 0.3 is 7.82 Å². The Morgan fingerprint density at radius 1 is 1.67 bits per heavy atom. The number of phosphoric ester groups is 1. The summed E-state index contributed by atoms with van der Waals surface area (Å²) in [5, 5.41) is 2.14. The Morgan fingerprint density at radius 3 is 2.76 bits per heavy atom. The first kappa shape index (κ1) is 17.9. The van der Waals surface area contributed by atoms with Crippen LogP contribution in [-0.4, -0.2) is 33.9 Å². The van der Waals surface area contributed by atoms with E-state index in [1.54, 1.807) is 0 Å². The zero-order valence-electron chi connectivity index (χ0n) is 10.6. The first-order valence-corrected chi connectivity index (χ1v) is 7.42. The fourth-order valence-corrected chi connectivity index (χ4v) is 2.26. The van der Waals surface area contributed by atoms with Crippen LogP contribution in [0.2, 0.25) is 0 Å². The van der Waals surface area contributed by atoms with Gasteiger partial charge in [-0.05, 0) is 5.92 Å². The lowest BCUT2D eigenvalue weighted by molar-refractivity contribution is -0.181. The van der Waals surface area contributed by atoms with Gasteiger partial charge < -0.3 is 25.6 Å². The fraction of sp³-hybridized carbons (Fsp3) is 0.500. The molecule has 2 atom stereocenters. The minimum Gasteiger partial charge on any atom is -0.366 e. The first-order chi connectivity index (χ1) is 9.49. The van der Waals surface area contributed by atoms with E-state index >= 15 is 0 Å². The highest BCUT2D eigenvalue weighted by Gasteiger charge is 2.50. The number of carbonyl (C=O) groups is 1. The normalized spacial score (nSPS) is 30.0. The number of ether oxygens (including phenoxy) is 1. The van der Waals surface area contributed by atoms with Gasteiger partial charge in [-0.2, -0.15) is 0 Å². The molecule has 21 heavy (non-hydrogen) atoms. The van der Waals surface area contributed by atoms with E-state index in [2.05, 4.69) is 15.8 Å². The second kappa shape index (κ2) is 6.32. The number of nitrogens with one attached hydrogen (secondary N) is 1. The fourth-order valence-electron chi connectivity index (χ4n) is 1.64. The molecule has 0 aromatic heterocycles. The zero-order chi connectivity index (χ0) is 16.3. The number of phosphoric acid groups is 1. The van der Waals surface area contributed by atoms with Gasteiger partial charge in [-0.25, -0.2) is 8.96 Å². The molecule has 1 rings (SSSR count). The Morgan fingerprint density at radius 2 is 2.29 bits per heavy atom. The molecule has 1 amide bonds. The molecule has 0 aromatic carbocycles. The quantitative estimate of drug-likeness (QED) is 0.232. The maximum Gasteiger partial charge on any atom is 0.469 e. The van der Waals surface area contributed by atoms with Crippen molar-refractivity contribution in [1.29, 1.82) is 0 Å². The summed E-state index contributed by atoms with van der Waals surface area (Å²) in [5.74, 6) is -1.23. The van der Waals surface area contributed by atoms with Crippen molar-refractivity contribution in [1.82, 2.24) is 5.32 Å². The van der Waals surface area contributed by atoms with Crippen LogP contribution in [0, 0.1) is 12.3 Å². The highest BCUT2D eigenvalue weighted by molar-refractivity contribution is 7.46. The summed E-state index contributed by atoms with van der Waals surface area (Å²) in [4.78, 5) is 27.8. The first-order valence-electron chi connectivity index (χ1n) is 5.51. The van der Waals surface area contributed by atoms with Crippen molar-refractivity contribution < 1.29 is 32.8 Å². The highest BCUT2D eigenvalue weighted by atomic mass is 35.5. The average molecular weight is 343 g/mol. The summed E-state index contributed by atoms with van der Waals surface area (Å²) < 4.78 is 33.9. The summed E-state index contributed by atoms with van der Waals surface area (Å²) in [5.41, 5.74) is 3.20. The third-order valence-corrected chi connectivity index (χ3v) is 3.15. The Hall–Kier alpha value is -1.14. The van der Waals surface area contributed by atoms with Gasteiger partial charge in [-0.15, -0.1) is 6.42 Å². The van der Waals surface area contributed by atoms with Crippen molar-refractivity contribution in [2.45, 2.75) is 24.4 Å². The molecule has 1 aliphatic rings. The molecule has 8 nitrogen and oxygen atoms in total. The van der Waals surface area contributed by atoms with Crippen LogP contribution in [0.25, 0.3) is 0 Å². The predicted molar refractivity (Wildman–Crippen MR) is 70.0 cm³/mol. The van der Waals surface area contributed by atoms with Crippen molar-refractivity contribution in [3.05, 3.63) is 11.2 Å². The second-order valence-corrected chi connectivity index (χ2v) is 5.89. The van der Waals surface area contributed by atoms with E-state index in [4.69, 9.17) is 38.3 Å². The van der Waals surface area contributed by atoms with E-state index in [1.807, 2.05) is 0 Å². The third-order valence-electron chi connectivity index (χ3n) is 2.48. The standard InChI is InChI=1S/C10H13ClFN2O6P/c1-2-10(14-7(11)5-8(13)15)4-3-9(12,20-10)6-19-21(16,17)18/h1,5,14H,3-4,6H2,(H2,13,15)(H2,16,17,18)/b7-5-/t9-,10+/m0/s1. The van der Waals surface area contributed by atoms with Crippen LogP contribution in [0.15, 0.2) is 11.2 Å². The van der Waals surface area contributed by atoms with Crippen LogP contribution in [0.4, 0.5) is 4.39 Å². The van der Waals surface area contributed by atoms with Gasteiger partial charge in [0.05, 0.1) is 0 Å². The van der Waals surface area contributed by atoms with Crippen LogP contribution in [0.5, 0.6) is 0 Å². The molecule has 118 valence electrons. The smallest absolute Gasteiger partial charge is 0.366 e. The number of terminal acetylenes is 1. The monoisotopic (exact) mass is 342 g/mol. The lowest BCUT2D eigenvalue weighted by Gasteiger charge is -2.27. The van der Waals surface area contributed by atoms with Gasteiger partial charge in [0.2, 0.25) is 17.5 Å². The number of halogens is 2. The molecule has 11 heteroatoms. The summed E-state index contributed by atoms with van der Waals surface area (Å²) in [6, 6.07) is 0. The lowest BCUT2D eigenvalue weighted by Crippen LogP contribution is -2.45. The van der Waals surface area contributed by atoms with E-state index in [0.717, 1.165) is 6.08 Å². The minimum absolute atomic E-state index is 0.0761. The Balaban J connectivity index is 2.78. The molecule has 0 radical (unpaired) electrons. The van der Waals surface area contributed by atoms with Gasteiger partial charge in [0, 0.05) is 18.9 Å². The van der Waals surface area contributed by atoms with Crippen molar-refractivity contribution in [3.8, 4) is 12.3 Å². The van der Waals surface area contributed by atoms with Crippen molar-refractivity contribution in [2.24, 2.45) is 5.73 Å². The Bertz CT molecular complexity index is 546. The van der Waals surface area contributed by atoms with Crippen molar-refractivity contribution in [3.63, 3.8) is 0 Å². The molecule has 0 aromatic rings. The third kappa shape index (κ3) is 5.63. The van der Waals surface area contributed by atoms with E-state index in [1.165, 1.54) is 0 Å². The number of primary amides is 1. The summed E-state index contributed by atoms with van der Waals surface area (Å²) >= 11 is 5.66. The average Bonchev–Trinajstić information content (AvgIpc) is 2.64. The van der Waals surface area contributed by atoms with E-state index in [9.17, 15) is 13.8 Å². The summed E-state index contributed by atoms with van der Waals surface area (Å²) in [6.07, 6.45) is 5.69. The molecule has 1 heterocycles. The maximum atomic E-state index is 14.3. The molecule has 1 saturated heterocycles. The van der Waals surface area contributed by atoms with Gasteiger partial charge in [-0.3, -0.25) is 9.32 Å². The van der Waals surface area contributed by atoms with E-state index in [0.29, 0.717) is 0 Å². The largest absolute Gasteiger partial charge is 0.469 e. The number of alkyl halides is 1. The van der Waals surface area contributed by atoms with Crippen LogP contribution in [0.3, 0.4) is 0 Å². The number of hydrogen-bond acceptors (Lipinski definition) is 5. The number of carbonyl (C=O) groups excluding carboxylic acids is 1. The van der Waals surface area contributed by atoms with Gasteiger partial charge in [0.15, 0.2) is 0 Å². The van der Waals surface area contributed by atoms with Gasteiger partial charge in [0.25, 0.3) is 0 Å². The lowest BCUT2D eigenvalue weighted by atomic mass is 10.1. The molecule has 0 unspecified atom stereocenters. The molecule has 0 saturated carbocycles. The number of amides is 1. The molecule has 0 aliphatic carbocycles. The topological polar surface area (TPSA) is 131 Å². The van der Waals surface area contributed by atoms with Crippen molar-refractivity contribution in [2.75, 3.05) is 6.61 Å². The molecule has 1 fully saturated rings. The van der Waals surface area contributed by atoms with Gasteiger partial charge in [-0.1, -0.05) is 11.6 Å². The zero-order valence-corrected chi connectivity index (χ0v) is 12.2. The molecule has 0 spiro atoms. The van der Waals surface area contributed by atoms with Crippen LogP contribution >= 0.6 is 19.4 Å². The van der Waals surface area contributed by atoms with Gasteiger partial charge in [0.1, 0.15) is 11.8 Å². The molecular weight excluding hydrogens is 330 g/mol. The van der Waals surface area contributed by atoms with Crippen LogP contribution in [-0.2, 0) is 18.6 Å². The SMILES string of the molecule is C#C[C@]1(N/C(Cl)=C\C(N)=O)CC[C@@](F)(COP(=O)(O)O)O1. The number of rotatable bonds is 6. The highest BCUT2D eigenvalue weighted by Crippen LogP contribution is 2.43. The predicted octanol–water partition coefficient (Wildman–Crippen LogP) is 0.0565. The molecule has 1 aliphatic heterocycles. The second-order valence-electron chi connectivity index (χ2n) is 4.24. The van der Waals surface area contributed by atoms with Crippen LogP contribution in [0.1, 0.15) is 12.8 Å². The van der Waals surface area contributed by atoms with E-state index in [-0.39, 0.29) is 18.0 Å².